The summed E-state index contributed by atoms with van der Waals surface area (Å²) in [5, 5.41) is 0.185. The normalized spacial score (nSPS) is 17.4. The van der Waals surface area contributed by atoms with Crippen LogP contribution < -0.4 is 4.90 Å². The predicted molar refractivity (Wildman–Crippen MR) is 77.0 cm³/mol. The van der Waals surface area contributed by atoms with Crippen molar-refractivity contribution in [1.29, 1.82) is 0 Å². The molecule has 1 aromatic carbocycles. The molecule has 0 radical (unpaired) electrons. The number of halogens is 3. The van der Waals surface area contributed by atoms with E-state index in [9.17, 15) is 17.4 Å². The Hall–Kier alpha value is -1.83. The van der Waals surface area contributed by atoms with E-state index in [1.165, 1.54) is 0 Å². The largest absolute Gasteiger partial charge is 0.468 e. The van der Waals surface area contributed by atoms with Gasteiger partial charge in [0, 0.05) is 41.4 Å². The number of nitrogens with zero attached hydrogens (tertiary/aromatic N) is 2. The molecule has 0 spiro atoms. The van der Waals surface area contributed by atoms with Crippen LogP contribution in [0.5, 0.6) is 0 Å². The molecule has 0 bridgehead atoms. The highest BCUT2D eigenvalue weighted by molar-refractivity contribution is 7.85. The predicted octanol–water partition coefficient (Wildman–Crippen LogP) is 2.93. The molecule has 0 N–H and O–H groups in total. The van der Waals surface area contributed by atoms with Crippen molar-refractivity contribution in [1.82, 2.24) is 4.98 Å². The second-order valence-corrected chi connectivity index (χ2v) is 6.77. The Kier molecular flexibility index (Phi) is 3.72. The van der Waals surface area contributed by atoms with Crippen LogP contribution in [0.25, 0.3) is 11.3 Å². The first-order chi connectivity index (χ1) is 10.3. The van der Waals surface area contributed by atoms with Crippen molar-refractivity contribution in [2.75, 3.05) is 24.2 Å². The molecule has 0 amide bonds. The van der Waals surface area contributed by atoms with E-state index in [-0.39, 0.29) is 10.9 Å². The zero-order valence-electron chi connectivity index (χ0n) is 11.6. The molecule has 1 fully saturated rings. The summed E-state index contributed by atoms with van der Waals surface area (Å²) >= 11 is 0. The van der Waals surface area contributed by atoms with Crippen molar-refractivity contribution in [3.05, 3.63) is 36.4 Å². The van der Waals surface area contributed by atoms with E-state index in [1.54, 1.807) is 18.4 Å². The lowest BCUT2D eigenvalue weighted by Gasteiger charge is -2.39. The highest BCUT2D eigenvalue weighted by Crippen LogP contribution is 2.31. The highest BCUT2D eigenvalue weighted by atomic mass is 32.2. The van der Waals surface area contributed by atoms with Gasteiger partial charge in [-0.2, -0.15) is 13.2 Å². The molecule has 4 nitrogen and oxygen atoms in total. The Labute approximate surface area is 127 Å². The van der Waals surface area contributed by atoms with Gasteiger partial charge >= 0.3 is 12.1 Å². The van der Waals surface area contributed by atoms with E-state index in [1.807, 2.05) is 12.1 Å². The second kappa shape index (κ2) is 5.42. The number of alkyl halides is 3. The average molecular weight is 330 g/mol. The van der Waals surface area contributed by atoms with Crippen LogP contribution in [0.2, 0.25) is 0 Å². The Morgan fingerprint density at radius 2 is 1.91 bits per heavy atom. The number of oxazole rings is 1. The molecule has 1 unspecified atom stereocenters. The van der Waals surface area contributed by atoms with Gasteiger partial charge in [0.15, 0.2) is 0 Å². The van der Waals surface area contributed by atoms with Gasteiger partial charge in [0.2, 0.25) is 0 Å². The Morgan fingerprint density at radius 1 is 1.27 bits per heavy atom. The third-order valence-electron chi connectivity index (χ3n) is 3.59. The number of anilines is 1. The van der Waals surface area contributed by atoms with Crippen molar-refractivity contribution < 1.29 is 21.8 Å². The van der Waals surface area contributed by atoms with Crippen LogP contribution in [0.1, 0.15) is 5.89 Å². The Morgan fingerprint density at radius 3 is 2.41 bits per heavy atom. The van der Waals surface area contributed by atoms with Crippen molar-refractivity contribution in [2.24, 2.45) is 0 Å². The SMILES string of the molecule is CS(=O)C1CN(c2ccc(-c3coc(C(F)(F)F)n3)cc2)C1. The summed E-state index contributed by atoms with van der Waals surface area (Å²) in [6, 6.07) is 7.02. The lowest BCUT2D eigenvalue weighted by atomic mass is 10.1. The zero-order valence-corrected chi connectivity index (χ0v) is 12.4. The molecule has 0 saturated carbocycles. The molecular formula is C14H13F3N2O2S. The van der Waals surface area contributed by atoms with Crippen molar-refractivity contribution in [3.63, 3.8) is 0 Å². The molecule has 1 aliphatic rings. The van der Waals surface area contributed by atoms with Gasteiger partial charge in [-0.1, -0.05) is 12.1 Å². The van der Waals surface area contributed by atoms with E-state index >= 15 is 0 Å². The summed E-state index contributed by atoms with van der Waals surface area (Å²) < 4.78 is 53.1. The number of rotatable bonds is 3. The van der Waals surface area contributed by atoms with Gasteiger partial charge in [-0.15, -0.1) is 0 Å². The summed E-state index contributed by atoms with van der Waals surface area (Å²) in [4.78, 5) is 5.52. The minimum atomic E-state index is -4.58. The molecule has 1 aromatic heterocycles. The minimum absolute atomic E-state index is 0.148. The van der Waals surface area contributed by atoms with Crippen LogP contribution >= 0.6 is 0 Å². The molecule has 2 aromatic rings. The van der Waals surface area contributed by atoms with Gasteiger partial charge in [-0.3, -0.25) is 4.21 Å². The van der Waals surface area contributed by atoms with E-state index < -0.39 is 22.9 Å². The summed E-state index contributed by atoms with van der Waals surface area (Å²) in [7, 11) is -0.829. The molecule has 2 heterocycles. The summed E-state index contributed by atoms with van der Waals surface area (Å²) in [5.74, 6) is -1.25. The number of aromatic nitrogens is 1. The van der Waals surface area contributed by atoms with E-state index in [2.05, 4.69) is 14.3 Å². The second-order valence-electron chi connectivity index (χ2n) is 5.11. The van der Waals surface area contributed by atoms with E-state index in [0.29, 0.717) is 5.56 Å². The molecule has 8 heteroatoms. The first-order valence-electron chi connectivity index (χ1n) is 6.55. The molecule has 1 atom stereocenters. The maximum atomic E-state index is 12.5. The Bertz CT molecular complexity index is 691. The van der Waals surface area contributed by atoms with Gasteiger partial charge in [0.1, 0.15) is 12.0 Å². The maximum Gasteiger partial charge on any atom is 0.468 e. The zero-order chi connectivity index (χ0) is 15.9. The fraction of sp³-hybridized carbons (Fsp3) is 0.357. The quantitative estimate of drug-likeness (QED) is 0.868. The van der Waals surface area contributed by atoms with Crippen LogP contribution in [0.15, 0.2) is 34.9 Å². The van der Waals surface area contributed by atoms with Crippen LogP contribution in [0.4, 0.5) is 18.9 Å². The highest BCUT2D eigenvalue weighted by Gasteiger charge is 2.37. The molecule has 22 heavy (non-hydrogen) atoms. The van der Waals surface area contributed by atoms with Crippen molar-refractivity contribution >= 4 is 16.5 Å². The summed E-state index contributed by atoms with van der Waals surface area (Å²) in [6.45, 7) is 1.45. The smallest absolute Gasteiger partial charge is 0.441 e. The van der Waals surface area contributed by atoms with Gasteiger partial charge < -0.3 is 9.32 Å². The van der Waals surface area contributed by atoms with Crippen LogP contribution in [-0.2, 0) is 17.0 Å². The first-order valence-corrected chi connectivity index (χ1v) is 8.17. The average Bonchev–Trinajstić information content (AvgIpc) is 2.86. The number of hydrogen-bond acceptors (Lipinski definition) is 4. The third-order valence-corrected chi connectivity index (χ3v) is 4.83. The minimum Gasteiger partial charge on any atom is -0.441 e. The van der Waals surface area contributed by atoms with Crippen molar-refractivity contribution in [2.45, 2.75) is 11.4 Å². The molecule has 1 aliphatic heterocycles. The summed E-state index contributed by atoms with van der Waals surface area (Å²) in [5.41, 5.74) is 1.65. The van der Waals surface area contributed by atoms with Crippen LogP contribution in [0.3, 0.4) is 0 Å². The van der Waals surface area contributed by atoms with E-state index in [0.717, 1.165) is 25.0 Å². The topological polar surface area (TPSA) is 46.3 Å². The third kappa shape index (κ3) is 2.87. The molecule has 0 aliphatic carbocycles. The van der Waals surface area contributed by atoms with Gasteiger partial charge in [0.05, 0.1) is 5.25 Å². The van der Waals surface area contributed by atoms with Gasteiger partial charge in [0.25, 0.3) is 0 Å². The monoisotopic (exact) mass is 330 g/mol. The maximum absolute atomic E-state index is 12.5. The molecule has 3 rings (SSSR count). The van der Waals surface area contributed by atoms with Crippen LogP contribution in [0, 0.1) is 0 Å². The summed E-state index contributed by atoms with van der Waals surface area (Å²) in [6.07, 6.45) is -1.90. The first kappa shape index (κ1) is 15.1. The fourth-order valence-corrected chi connectivity index (χ4v) is 3.02. The standard InChI is InChI=1S/C14H13F3N2O2S/c1-22(20)11-6-19(7-11)10-4-2-9(3-5-10)12-8-21-13(18-12)14(15,16)17/h2-5,8,11H,6-7H2,1H3. The lowest BCUT2D eigenvalue weighted by Crippen LogP contribution is -2.52. The molecule has 1 saturated heterocycles. The molecule has 118 valence electrons. The number of benzene rings is 1. The number of hydrogen-bond donors (Lipinski definition) is 0. The van der Waals surface area contributed by atoms with Gasteiger partial charge in [-0.25, -0.2) is 4.98 Å². The Balaban J connectivity index is 1.72. The van der Waals surface area contributed by atoms with E-state index in [4.69, 9.17) is 0 Å². The van der Waals surface area contributed by atoms with Crippen molar-refractivity contribution in [3.8, 4) is 11.3 Å². The fourth-order valence-electron chi connectivity index (χ4n) is 2.24. The lowest BCUT2D eigenvalue weighted by molar-refractivity contribution is -0.157. The van der Waals surface area contributed by atoms with Crippen LogP contribution in [-0.4, -0.2) is 33.8 Å². The molecular weight excluding hydrogens is 317 g/mol. The van der Waals surface area contributed by atoms with Gasteiger partial charge in [-0.05, 0) is 12.1 Å².